The zero-order valence-electron chi connectivity index (χ0n) is 10.4. The lowest BCUT2D eigenvalue weighted by Crippen LogP contribution is -2.22. The zero-order chi connectivity index (χ0) is 11.9. The largest absolute Gasteiger partial charge is 0.309 e. The number of hydrogen-bond acceptors (Lipinski definition) is 3. The van der Waals surface area contributed by atoms with Crippen molar-refractivity contribution in [1.82, 2.24) is 5.32 Å². The molecule has 0 bridgehead atoms. The summed E-state index contributed by atoms with van der Waals surface area (Å²) < 4.78 is 4.42. The molecule has 0 amide bonds. The van der Waals surface area contributed by atoms with Crippen molar-refractivity contribution < 1.29 is 0 Å². The van der Waals surface area contributed by atoms with Gasteiger partial charge in [-0.2, -0.15) is 0 Å². The van der Waals surface area contributed by atoms with E-state index in [4.69, 9.17) is 0 Å². The lowest BCUT2D eigenvalue weighted by molar-refractivity contribution is 0.776. The predicted molar refractivity (Wildman–Crippen MR) is 76.9 cm³/mol. The molecular formula is C14H20N2S. The van der Waals surface area contributed by atoms with Gasteiger partial charge in [0.2, 0.25) is 0 Å². The van der Waals surface area contributed by atoms with Crippen LogP contribution in [-0.4, -0.2) is 24.6 Å². The maximum absolute atomic E-state index is 4.42. The van der Waals surface area contributed by atoms with Gasteiger partial charge in [-0.15, -0.1) is 0 Å². The molecule has 1 aliphatic rings. The number of aryl methyl sites for hydroxylation is 2. The van der Waals surface area contributed by atoms with Crippen molar-refractivity contribution in [2.24, 2.45) is 4.40 Å². The highest BCUT2D eigenvalue weighted by atomic mass is 32.2. The first kappa shape index (κ1) is 12.7. The molecule has 1 unspecified atom stereocenters. The van der Waals surface area contributed by atoms with Crippen LogP contribution in [-0.2, 0) is 6.42 Å². The smallest absolute Gasteiger partial charge is 0.0431 e. The topological polar surface area (TPSA) is 24.4 Å². The van der Waals surface area contributed by atoms with Gasteiger partial charge in [-0.05, 0) is 50.2 Å². The fraction of sp³-hybridized carbons (Fsp3) is 0.500. The minimum Gasteiger partial charge on any atom is -0.309 e. The molecule has 0 aromatic heterocycles. The second kappa shape index (κ2) is 6.82. The highest BCUT2D eigenvalue weighted by Crippen LogP contribution is 2.10. The van der Waals surface area contributed by atoms with E-state index < -0.39 is 0 Å². The van der Waals surface area contributed by atoms with Crippen molar-refractivity contribution >= 4 is 18.2 Å². The fourth-order valence-corrected chi connectivity index (χ4v) is 2.59. The lowest BCUT2D eigenvalue weighted by atomic mass is 10.1. The van der Waals surface area contributed by atoms with E-state index in [0.717, 1.165) is 18.7 Å². The van der Waals surface area contributed by atoms with Crippen LogP contribution in [0.2, 0.25) is 0 Å². The zero-order valence-corrected chi connectivity index (χ0v) is 11.2. The summed E-state index contributed by atoms with van der Waals surface area (Å²) in [6.07, 6.45) is 5.68. The average Bonchev–Trinajstić information content (AvgIpc) is 2.84. The standard InChI is InChI=1S/C14H20N2S/c1-12-4-6-13(7-5-12)8-10-17-16-11-14-3-2-9-15-14/h4-7,11,14-15H,2-3,8-10H2,1H3/b16-11+. The van der Waals surface area contributed by atoms with Gasteiger partial charge in [-0.1, -0.05) is 29.8 Å². The Hall–Kier alpha value is -0.800. The van der Waals surface area contributed by atoms with Gasteiger partial charge >= 0.3 is 0 Å². The van der Waals surface area contributed by atoms with Gasteiger partial charge in [-0.3, -0.25) is 0 Å². The van der Waals surface area contributed by atoms with Gasteiger partial charge in [0, 0.05) is 18.0 Å². The van der Waals surface area contributed by atoms with Crippen molar-refractivity contribution in [3.05, 3.63) is 35.4 Å². The number of rotatable bonds is 5. The van der Waals surface area contributed by atoms with Crippen LogP contribution in [0.25, 0.3) is 0 Å². The van der Waals surface area contributed by atoms with Gasteiger partial charge in [-0.25, -0.2) is 4.40 Å². The molecule has 1 fully saturated rings. The second-order valence-electron chi connectivity index (χ2n) is 4.53. The Morgan fingerprint density at radius 1 is 1.41 bits per heavy atom. The van der Waals surface area contributed by atoms with Crippen molar-refractivity contribution in [3.63, 3.8) is 0 Å². The molecular weight excluding hydrogens is 228 g/mol. The number of benzene rings is 1. The van der Waals surface area contributed by atoms with Crippen LogP contribution in [0.1, 0.15) is 24.0 Å². The van der Waals surface area contributed by atoms with E-state index in [1.54, 1.807) is 11.9 Å². The molecule has 92 valence electrons. The Morgan fingerprint density at radius 2 is 2.24 bits per heavy atom. The Labute approximate surface area is 108 Å². The van der Waals surface area contributed by atoms with Crippen LogP contribution < -0.4 is 5.32 Å². The fourth-order valence-electron chi connectivity index (χ4n) is 1.93. The molecule has 1 saturated heterocycles. The first-order valence-corrected chi connectivity index (χ1v) is 7.23. The van der Waals surface area contributed by atoms with Crippen molar-refractivity contribution in [2.45, 2.75) is 32.2 Å². The van der Waals surface area contributed by atoms with E-state index in [-0.39, 0.29) is 0 Å². The van der Waals surface area contributed by atoms with E-state index in [1.165, 1.54) is 24.0 Å². The van der Waals surface area contributed by atoms with Gasteiger partial charge < -0.3 is 5.32 Å². The highest BCUT2D eigenvalue weighted by Gasteiger charge is 2.10. The molecule has 1 N–H and O–H groups in total. The molecule has 1 aromatic carbocycles. The second-order valence-corrected chi connectivity index (χ2v) is 5.40. The van der Waals surface area contributed by atoms with E-state index in [2.05, 4.69) is 47.1 Å². The minimum atomic E-state index is 0.516. The molecule has 2 rings (SSSR count). The third kappa shape index (κ3) is 4.52. The summed E-state index contributed by atoms with van der Waals surface area (Å²) in [6.45, 7) is 3.27. The summed E-state index contributed by atoms with van der Waals surface area (Å²) in [5.41, 5.74) is 2.73. The Bertz CT molecular complexity index is 353. The minimum absolute atomic E-state index is 0.516. The molecule has 0 spiro atoms. The van der Waals surface area contributed by atoms with E-state index in [9.17, 15) is 0 Å². The SMILES string of the molecule is Cc1ccc(CCS/N=C/C2CCCN2)cc1. The van der Waals surface area contributed by atoms with Gasteiger partial charge in [0.15, 0.2) is 0 Å². The number of nitrogens with zero attached hydrogens (tertiary/aromatic N) is 1. The van der Waals surface area contributed by atoms with Crippen LogP contribution >= 0.6 is 11.9 Å². The number of hydrogen-bond donors (Lipinski definition) is 1. The summed E-state index contributed by atoms with van der Waals surface area (Å²) >= 11 is 1.67. The van der Waals surface area contributed by atoms with Crippen LogP contribution in [0, 0.1) is 6.92 Å². The molecule has 1 aromatic rings. The summed E-state index contributed by atoms with van der Waals surface area (Å²) in [4.78, 5) is 0. The molecule has 3 heteroatoms. The molecule has 2 nitrogen and oxygen atoms in total. The van der Waals surface area contributed by atoms with Crippen LogP contribution in [0.5, 0.6) is 0 Å². The molecule has 1 atom stereocenters. The molecule has 0 aliphatic carbocycles. The first-order valence-electron chi connectivity index (χ1n) is 6.29. The van der Waals surface area contributed by atoms with Crippen molar-refractivity contribution in [3.8, 4) is 0 Å². The van der Waals surface area contributed by atoms with Crippen molar-refractivity contribution in [1.29, 1.82) is 0 Å². The summed E-state index contributed by atoms with van der Waals surface area (Å²) in [5, 5.41) is 3.41. The molecule has 0 saturated carbocycles. The maximum atomic E-state index is 4.42. The van der Waals surface area contributed by atoms with Gasteiger partial charge in [0.05, 0.1) is 0 Å². The normalized spacial score (nSPS) is 20.2. The van der Waals surface area contributed by atoms with Crippen LogP contribution in [0.4, 0.5) is 0 Å². The Morgan fingerprint density at radius 3 is 2.94 bits per heavy atom. The van der Waals surface area contributed by atoms with Gasteiger partial charge in [0.1, 0.15) is 0 Å². The van der Waals surface area contributed by atoms with E-state index in [0.29, 0.717) is 6.04 Å². The average molecular weight is 248 g/mol. The third-order valence-corrected chi connectivity index (χ3v) is 3.67. The van der Waals surface area contributed by atoms with Crippen LogP contribution in [0.3, 0.4) is 0 Å². The van der Waals surface area contributed by atoms with Gasteiger partial charge in [0.25, 0.3) is 0 Å². The van der Waals surface area contributed by atoms with E-state index >= 15 is 0 Å². The summed E-state index contributed by atoms with van der Waals surface area (Å²) in [7, 11) is 0. The van der Waals surface area contributed by atoms with Crippen molar-refractivity contribution in [2.75, 3.05) is 12.3 Å². The lowest BCUT2D eigenvalue weighted by Gasteiger charge is -2.02. The third-order valence-electron chi connectivity index (χ3n) is 3.02. The molecule has 1 heterocycles. The maximum Gasteiger partial charge on any atom is 0.0431 e. The number of nitrogens with one attached hydrogen (secondary N) is 1. The molecule has 1 aliphatic heterocycles. The highest BCUT2D eigenvalue weighted by molar-refractivity contribution is 7.98. The first-order chi connectivity index (χ1) is 8.34. The monoisotopic (exact) mass is 248 g/mol. The quantitative estimate of drug-likeness (QED) is 0.492. The Balaban J connectivity index is 1.64. The molecule has 0 radical (unpaired) electrons. The Kier molecular flexibility index (Phi) is 5.08. The predicted octanol–water partition coefficient (Wildman–Crippen LogP) is 3.01. The summed E-state index contributed by atoms with van der Waals surface area (Å²) in [5.74, 6) is 1.06. The molecule has 17 heavy (non-hydrogen) atoms. The summed E-state index contributed by atoms with van der Waals surface area (Å²) in [6, 6.07) is 9.27. The van der Waals surface area contributed by atoms with E-state index in [1.807, 2.05) is 0 Å². The van der Waals surface area contributed by atoms with Crippen LogP contribution in [0.15, 0.2) is 28.7 Å².